The van der Waals surface area contributed by atoms with Crippen molar-refractivity contribution in [1.82, 2.24) is 15.4 Å². The van der Waals surface area contributed by atoms with Gasteiger partial charge in [0, 0.05) is 25.2 Å². The van der Waals surface area contributed by atoms with E-state index in [0.717, 1.165) is 13.0 Å². The lowest BCUT2D eigenvalue weighted by Gasteiger charge is -2.35. The van der Waals surface area contributed by atoms with Crippen molar-refractivity contribution in [2.75, 3.05) is 13.1 Å². The quantitative estimate of drug-likeness (QED) is 0.896. The summed E-state index contributed by atoms with van der Waals surface area (Å²) in [5.41, 5.74) is 0.345. The third-order valence-corrected chi connectivity index (χ3v) is 4.97. The average molecular weight is 289 g/mol. The van der Waals surface area contributed by atoms with Crippen LogP contribution >= 0.6 is 0 Å². The smallest absolute Gasteiger partial charge is 0.276 e. The van der Waals surface area contributed by atoms with Gasteiger partial charge in [0.1, 0.15) is 5.76 Å². The highest BCUT2D eigenvalue weighted by Gasteiger charge is 2.57. The Kier molecular flexibility index (Phi) is 2.80. The van der Waals surface area contributed by atoms with Crippen LogP contribution in [0.15, 0.2) is 10.6 Å². The van der Waals surface area contributed by atoms with Gasteiger partial charge < -0.3 is 14.7 Å². The molecule has 0 radical (unpaired) electrons. The van der Waals surface area contributed by atoms with Gasteiger partial charge in [0.15, 0.2) is 5.69 Å². The fourth-order valence-electron chi connectivity index (χ4n) is 3.54. The average Bonchev–Trinajstić information content (AvgIpc) is 2.86. The maximum atomic E-state index is 12.4. The van der Waals surface area contributed by atoms with Crippen molar-refractivity contribution in [3.63, 3.8) is 0 Å². The van der Waals surface area contributed by atoms with Gasteiger partial charge in [0.25, 0.3) is 5.91 Å². The molecular weight excluding hydrogens is 270 g/mol. The maximum absolute atomic E-state index is 12.4. The summed E-state index contributed by atoms with van der Waals surface area (Å²) in [6.45, 7) is 3.23. The lowest BCUT2D eigenvalue weighted by atomic mass is 9.73. The highest BCUT2D eigenvalue weighted by atomic mass is 16.5. The summed E-state index contributed by atoms with van der Waals surface area (Å²) in [7, 11) is 0. The minimum absolute atomic E-state index is 0.0271. The van der Waals surface area contributed by atoms with Gasteiger partial charge >= 0.3 is 0 Å². The van der Waals surface area contributed by atoms with Crippen LogP contribution in [0.3, 0.4) is 0 Å². The number of carbonyl (C=O) groups is 2. The Hall–Kier alpha value is -1.85. The molecule has 3 atom stereocenters. The number of amides is 2. The van der Waals surface area contributed by atoms with Crippen LogP contribution in [-0.2, 0) is 4.79 Å². The molecule has 0 aromatic carbocycles. The van der Waals surface area contributed by atoms with E-state index in [2.05, 4.69) is 10.5 Å². The molecule has 4 aliphatic rings. The van der Waals surface area contributed by atoms with E-state index in [1.54, 1.807) is 17.9 Å². The Morgan fingerprint density at radius 1 is 1.48 bits per heavy atom. The predicted octanol–water partition coefficient (Wildman–Crippen LogP) is 0.970. The van der Waals surface area contributed by atoms with Crippen LogP contribution in [0.2, 0.25) is 0 Å². The Balaban J connectivity index is 1.41. The highest BCUT2D eigenvalue weighted by Crippen LogP contribution is 2.47. The molecule has 0 spiro atoms. The number of rotatable bonds is 4. The molecule has 6 heteroatoms. The van der Waals surface area contributed by atoms with E-state index in [1.807, 2.05) is 0 Å². The first-order chi connectivity index (χ1) is 10.1. The molecule has 5 rings (SSSR count). The normalized spacial score (nSPS) is 30.1. The molecule has 3 heterocycles. The number of hydrogen-bond acceptors (Lipinski definition) is 4. The van der Waals surface area contributed by atoms with Crippen molar-refractivity contribution < 1.29 is 14.1 Å². The monoisotopic (exact) mass is 289 g/mol. The van der Waals surface area contributed by atoms with E-state index < -0.39 is 0 Å². The van der Waals surface area contributed by atoms with Gasteiger partial charge in [-0.3, -0.25) is 9.59 Å². The summed E-state index contributed by atoms with van der Waals surface area (Å²) in [5, 5.41) is 6.82. The third kappa shape index (κ3) is 2.13. The highest BCUT2D eigenvalue weighted by molar-refractivity contribution is 5.94. The summed E-state index contributed by atoms with van der Waals surface area (Å²) in [6, 6.07) is 1.69. The van der Waals surface area contributed by atoms with Crippen molar-refractivity contribution in [3.05, 3.63) is 17.5 Å². The molecule has 2 aliphatic heterocycles. The van der Waals surface area contributed by atoms with Crippen molar-refractivity contribution in [2.24, 2.45) is 17.8 Å². The van der Waals surface area contributed by atoms with E-state index in [9.17, 15) is 9.59 Å². The van der Waals surface area contributed by atoms with Crippen molar-refractivity contribution in [1.29, 1.82) is 0 Å². The Bertz CT molecular complexity index is 593. The third-order valence-electron chi connectivity index (χ3n) is 4.97. The van der Waals surface area contributed by atoms with Crippen LogP contribution in [0.1, 0.15) is 35.5 Å². The number of carbonyl (C=O) groups excluding carboxylic acids is 2. The summed E-state index contributed by atoms with van der Waals surface area (Å²) in [6.07, 6.45) is 3.39. The minimum Gasteiger partial charge on any atom is -0.361 e. The summed E-state index contributed by atoms with van der Waals surface area (Å²) < 4.78 is 4.96. The van der Waals surface area contributed by atoms with Gasteiger partial charge in [-0.2, -0.15) is 0 Å². The zero-order chi connectivity index (χ0) is 14.6. The van der Waals surface area contributed by atoms with Crippen LogP contribution in [0, 0.1) is 24.7 Å². The SMILES string of the molecule is Cc1cc(C(=O)N2C[C@H]3C[C@@H]2[C@H]3C(=O)NCC2CC2)no1. The lowest BCUT2D eigenvalue weighted by molar-refractivity contribution is -0.129. The minimum atomic E-state index is -0.114. The van der Waals surface area contributed by atoms with Crippen LogP contribution < -0.4 is 5.32 Å². The van der Waals surface area contributed by atoms with E-state index in [-0.39, 0.29) is 23.8 Å². The molecule has 2 aliphatic carbocycles. The first-order valence-corrected chi connectivity index (χ1v) is 7.65. The van der Waals surface area contributed by atoms with Crippen LogP contribution in [-0.4, -0.2) is 41.0 Å². The summed E-state index contributed by atoms with van der Waals surface area (Å²) in [5.74, 6) is 1.60. The summed E-state index contributed by atoms with van der Waals surface area (Å²) >= 11 is 0. The van der Waals surface area contributed by atoms with Crippen molar-refractivity contribution in [3.8, 4) is 0 Å². The van der Waals surface area contributed by atoms with Crippen LogP contribution in [0.5, 0.6) is 0 Å². The Morgan fingerprint density at radius 2 is 2.29 bits per heavy atom. The first kappa shape index (κ1) is 12.9. The number of aromatic nitrogens is 1. The Labute approximate surface area is 122 Å². The first-order valence-electron chi connectivity index (χ1n) is 7.65. The van der Waals surface area contributed by atoms with Crippen molar-refractivity contribution >= 4 is 11.8 Å². The molecule has 1 aromatic rings. The number of fused-ring (bicyclic) bond motifs is 1. The fourth-order valence-corrected chi connectivity index (χ4v) is 3.54. The van der Waals surface area contributed by atoms with Gasteiger partial charge in [-0.25, -0.2) is 0 Å². The van der Waals surface area contributed by atoms with Gasteiger partial charge in [-0.1, -0.05) is 5.16 Å². The van der Waals surface area contributed by atoms with E-state index in [1.165, 1.54) is 12.8 Å². The topological polar surface area (TPSA) is 75.4 Å². The van der Waals surface area contributed by atoms with Gasteiger partial charge in [0.2, 0.25) is 5.91 Å². The zero-order valence-corrected chi connectivity index (χ0v) is 12.0. The predicted molar refractivity (Wildman–Crippen MR) is 73.4 cm³/mol. The molecular formula is C15H19N3O3. The molecule has 2 saturated carbocycles. The van der Waals surface area contributed by atoms with Crippen LogP contribution in [0.25, 0.3) is 0 Å². The standard InChI is InChI=1S/C15H19N3O3/c1-8-4-11(17-21-8)15(20)18-7-10-5-12(18)13(10)14(19)16-6-9-2-3-9/h4,9-10,12-13H,2-3,5-7H2,1H3,(H,16,19)/t10-,12-,13+/m1/s1. The van der Waals surface area contributed by atoms with Crippen LogP contribution in [0.4, 0.5) is 0 Å². The van der Waals surface area contributed by atoms with E-state index in [0.29, 0.717) is 29.8 Å². The fraction of sp³-hybridized carbons (Fsp3) is 0.667. The molecule has 1 aromatic heterocycles. The zero-order valence-electron chi connectivity index (χ0n) is 12.0. The molecule has 6 nitrogen and oxygen atoms in total. The molecule has 2 saturated heterocycles. The molecule has 1 N–H and O–H groups in total. The second-order valence-corrected chi connectivity index (χ2v) is 6.56. The van der Waals surface area contributed by atoms with E-state index in [4.69, 9.17) is 4.52 Å². The molecule has 112 valence electrons. The molecule has 2 bridgehead atoms. The van der Waals surface area contributed by atoms with Crippen molar-refractivity contribution in [2.45, 2.75) is 32.2 Å². The largest absolute Gasteiger partial charge is 0.361 e. The lowest BCUT2D eigenvalue weighted by Crippen LogP contribution is -2.49. The molecule has 21 heavy (non-hydrogen) atoms. The summed E-state index contributed by atoms with van der Waals surface area (Å²) in [4.78, 5) is 26.5. The second kappa shape index (κ2) is 4.58. The number of nitrogens with zero attached hydrogens (tertiary/aromatic N) is 2. The molecule has 4 fully saturated rings. The number of hydrogen-bond donors (Lipinski definition) is 1. The molecule has 2 amide bonds. The van der Waals surface area contributed by atoms with E-state index >= 15 is 0 Å². The van der Waals surface area contributed by atoms with Gasteiger partial charge in [-0.05, 0) is 38.0 Å². The second-order valence-electron chi connectivity index (χ2n) is 6.56. The number of aryl methyl sites for hydroxylation is 1. The maximum Gasteiger partial charge on any atom is 0.276 e. The number of nitrogens with one attached hydrogen (secondary N) is 1. The Morgan fingerprint density at radius 3 is 2.95 bits per heavy atom. The van der Waals surface area contributed by atoms with Gasteiger partial charge in [0.05, 0.1) is 5.92 Å². The molecule has 0 unspecified atom stereocenters. The van der Waals surface area contributed by atoms with Gasteiger partial charge in [-0.15, -0.1) is 0 Å².